The highest BCUT2D eigenvalue weighted by molar-refractivity contribution is 7.89. The van der Waals surface area contributed by atoms with Crippen LogP contribution in [0.1, 0.15) is 30.4 Å². The first-order chi connectivity index (χ1) is 14.3. The molecule has 0 aliphatic carbocycles. The van der Waals surface area contributed by atoms with Gasteiger partial charge in [0.25, 0.3) is 5.91 Å². The number of rotatable bonds is 7. The molecule has 3 rings (SSSR count). The molecule has 0 spiro atoms. The Bertz CT molecular complexity index is 1010. The number of nitrogens with one attached hydrogen (secondary N) is 1. The molecule has 2 aromatic carbocycles. The Labute approximate surface area is 178 Å². The molecule has 1 saturated heterocycles. The van der Waals surface area contributed by atoms with Crippen LogP contribution in [0.15, 0.2) is 41.3 Å². The van der Waals surface area contributed by atoms with Crippen LogP contribution < -0.4 is 14.8 Å². The van der Waals surface area contributed by atoms with E-state index in [0.717, 1.165) is 30.4 Å². The number of amides is 1. The predicted octanol–water partition coefficient (Wildman–Crippen LogP) is 3.50. The van der Waals surface area contributed by atoms with Gasteiger partial charge in [0, 0.05) is 18.8 Å². The van der Waals surface area contributed by atoms with Crippen molar-refractivity contribution in [2.24, 2.45) is 0 Å². The third kappa shape index (κ3) is 5.12. The topological polar surface area (TPSA) is 84.9 Å². The van der Waals surface area contributed by atoms with Crippen molar-refractivity contribution in [2.75, 3.05) is 32.1 Å². The van der Waals surface area contributed by atoms with E-state index in [-0.39, 0.29) is 23.2 Å². The minimum atomic E-state index is -3.70. The van der Waals surface area contributed by atoms with Crippen LogP contribution in [0.4, 0.5) is 5.69 Å². The Morgan fingerprint density at radius 1 is 1.03 bits per heavy atom. The molecule has 0 aromatic heterocycles. The minimum Gasteiger partial charge on any atom is -0.495 e. The van der Waals surface area contributed by atoms with Gasteiger partial charge in [-0.2, -0.15) is 4.31 Å². The van der Waals surface area contributed by atoms with Crippen LogP contribution in [0, 0.1) is 13.8 Å². The summed E-state index contributed by atoms with van der Waals surface area (Å²) in [7, 11) is -2.27. The fourth-order valence-electron chi connectivity index (χ4n) is 3.40. The Morgan fingerprint density at radius 3 is 2.47 bits per heavy atom. The third-order valence-electron chi connectivity index (χ3n) is 5.08. The van der Waals surface area contributed by atoms with Crippen molar-refractivity contribution in [3.63, 3.8) is 0 Å². The number of methoxy groups -OCH3 is 1. The number of hydrogen-bond acceptors (Lipinski definition) is 5. The molecule has 0 unspecified atom stereocenters. The van der Waals surface area contributed by atoms with Crippen molar-refractivity contribution in [1.29, 1.82) is 0 Å². The largest absolute Gasteiger partial charge is 0.495 e. The van der Waals surface area contributed by atoms with Gasteiger partial charge >= 0.3 is 0 Å². The maximum atomic E-state index is 13.1. The monoisotopic (exact) mass is 432 g/mol. The zero-order valence-electron chi connectivity index (χ0n) is 17.6. The second-order valence-electron chi connectivity index (χ2n) is 7.44. The second-order valence-corrected chi connectivity index (χ2v) is 9.34. The van der Waals surface area contributed by atoms with Crippen molar-refractivity contribution >= 4 is 21.6 Å². The standard InChI is InChI=1S/C22H28N2O5S/c1-16-7-8-17(2)20(13-16)29-15-22(25)23-18-9-10-19(28-3)21(14-18)30(26,27)24-11-5-4-6-12-24/h7-10,13-14H,4-6,11-12,15H2,1-3H3,(H,23,25). The van der Waals surface area contributed by atoms with Gasteiger partial charge in [-0.15, -0.1) is 0 Å². The van der Waals surface area contributed by atoms with Crippen molar-refractivity contribution in [2.45, 2.75) is 38.0 Å². The molecule has 1 aliphatic heterocycles. The quantitative estimate of drug-likeness (QED) is 0.724. The van der Waals surface area contributed by atoms with Crippen molar-refractivity contribution < 1.29 is 22.7 Å². The van der Waals surface area contributed by atoms with E-state index < -0.39 is 10.0 Å². The van der Waals surface area contributed by atoms with Gasteiger partial charge in [-0.25, -0.2) is 8.42 Å². The first-order valence-corrected chi connectivity index (χ1v) is 11.4. The summed E-state index contributed by atoms with van der Waals surface area (Å²) in [5.74, 6) is 0.529. The molecule has 0 radical (unpaired) electrons. The van der Waals surface area contributed by atoms with Crippen LogP contribution in [0.5, 0.6) is 11.5 Å². The molecule has 0 atom stereocenters. The van der Waals surface area contributed by atoms with Crippen LogP contribution in [0.25, 0.3) is 0 Å². The van der Waals surface area contributed by atoms with E-state index in [1.807, 2.05) is 32.0 Å². The smallest absolute Gasteiger partial charge is 0.262 e. The lowest BCUT2D eigenvalue weighted by molar-refractivity contribution is -0.118. The molecule has 0 saturated carbocycles. The summed E-state index contributed by atoms with van der Waals surface area (Å²) in [6, 6.07) is 10.4. The summed E-state index contributed by atoms with van der Waals surface area (Å²) < 4.78 is 38.6. The maximum Gasteiger partial charge on any atom is 0.262 e. The van der Waals surface area contributed by atoms with E-state index >= 15 is 0 Å². The van der Waals surface area contributed by atoms with Gasteiger partial charge in [-0.3, -0.25) is 4.79 Å². The van der Waals surface area contributed by atoms with Crippen molar-refractivity contribution in [3.8, 4) is 11.5 Å². The van der Waals surface area contributed by atoms with Crippen molar-refractivity contribution in [1.82, 2.24) is 4.31 Å². The molecule has 1 N–H and O–H groups in total. The number of carbonyl (C=O) groups is 1. The molecule has 0 bridgehead atoms. The van der Waals surface area contributed by atoms with Gasteiger partial charge in [0.05, 0.1) is 7.11 Å². The number of anilines is 1. The second kappa shape index (κ2) is 9.49. The average molecular weight is 433 g/mol. The lowest BCUT2D eigenvalue weighted by atomic mass is 10.1. The molecule has 30 heavy (non-hydrogen) atoms. The number of ether oxygens (including phenoxy) is 2. The van der Waals surface area contributed by atoms with Gasteiger partial charge < -0.3 is 14.8 Å². The zero-order chi connectivity index (χ0) is 21.7. The number of nitrogens with zero attached hydrogens (tertiary/aromatic N) is 1. The number of hydrogen-bond donors (Lipinski definition) is 1. The zero-order valence-corrected chi connectivity index (χ0v) is 18.4. The number of benzene rings is 2. The highest BCUT2D eigenvalue weighted by Gasteiger charge is 2.29. The number of aryl methyl sites for hydroxylation is 2. The number of piperidine rings is 1. The van der Waals surface area contributed by atoms with Gasteiger partial charge in [0.1, 0.15) is 16.4 Å². The van der Waals surface area contributed by atoms with E-state index in [4.69, 9.17) is 9.47 Å². The molecule has 162 valence electrons. The third-order valence-corrected chi connectivity index (χ3v) is 7.00. The Balaban J connectivity index is 1.74. The van der Waals surface area contributed by atoms with E-state index in [9.17, 15) is 13.2 Å². The summed E-state index contributed by atoms with van der Waals surface area (Å²) in [6.07, 6.45) is 2.71. The summed E-state index contributed by atoms with van der Waals surface area (Å²) in [5, 5.41) is 2.71. The lowest BCUT2D eigenvalue weighted by Crippen LogP contribution is -2.35. The Morgan fingerprint density at radius 2 is 1.77 bits per heavy atom. The number of sulfonamides is 1. The molecule has 1 amide bonds. The fourth-order valence-corrected chi connectivity index (χ4v) is 5.10. The predicted molar refractivity (Wildman–Crippen MR) is 116 cm³/mol. The van der Waals surface area contributed by atoms with E-state index in [1.54, 1.807) is 12.1 Å². The molecule has 1 fully saturated rings. The van der Waals surface area contributed by atoms with E-state index in [0.29, 0.717) is 24.5 Å². The minimum absolute atomic E-state index is 0.0557. The van der Waals surface area contributed by atoms with Gasteiger partial charge in [-0.1, -0.05) is 18.6 Å². The first-order valence-electron chi connectivity index (χ1n) is 9.99. The normalized spacial score (nSPS) is 14.9. The Kier molecular flexibility index (Phi) is 6.99. The van der Waals surface area contributed by atoms with Crippen LogP contribution in [-0.2, 0) is 14.8 Å². The summed E-state index contributed by atoms with van der Waals surface area (Å²) >= 11 is 0. The molecule has 7 nitrogen and oxygen atoms in total. The summed E-state index contributed by atoms with van der Waals surface area (Å²) in [6.45, 7) is 4.67. The summed E-state index contributed by atoms with van der Waals surface area (Å²) in [5.41, 5.74) is 2.35. The highest BCUT2D eigenvalue weighted by Crippen LogP contribution is 2.31. The molecule has 8 heteroatoms. The molecular formula is C22H28N2O5S. The Hall–Kier alpha value is -2.58. The van der Waals surface area contributed by atoms with Crippen LogP contribution in [0.2, 0.25) is 0 Å². The van der Waals surface area contributed by atoms with E-state index in [1.165, 1.54) is 17.5 Å². The van der Waals surface area contributed by atoms with Crippen LogP contribution in [-0.4, -0.2) is 45.4 Å². The maximum absolute atomic E-state index is 13.1. The highest BCUT2D eigenvalue weighted by atomic mass is 32.2. The van der Waals surface area contributed by atoms with Crippen molar-refractivity contribution in [3.05, 3.63) is 47.5 Å². The molecule has 2 aromatic rings. The number of carbonyl (C=O) groups excluding carboxylic acids is 1. The van der Waals surface area contributed by atoms with Gasteiger partial charge in [-0.05, 0) is 62.1 Å². The first kappa shape index (κ1) is 22.1. The molecular weight excluding hydrogens is 404 g/mol. The van der Waals surface area contributed by atoms with Gasteiger partial charge in [0.2, 0.25) is 10.0 Å². The average Bonchev–Trinajstić information content (AvgIpc) is 2.75. The fraction of sp³-hybridized carbons (Fsp3) is 0.409. The van der Waals surface area contributed by atoms with E-state index in [2.05, 4.69) is 5.32 Å². The summed E-state index contributed by atoms with van der Waals surface area (Å²) in [4.78, 5) is 12.4. The lowest BCUT2D eigenvalue weighted by Gasteiger charge is -2.26. The SMILES string of the molecule is COc1ccc(NC(=O)COc2cc(C)ccc2C)cc1S(=O)(=O)N1CCCCC1. The molecule has 1 aliphatic rings. The van der Waals surface area contributed by atoms with Gasteiger partial charge in [0.15, 0.2) is 6.61 Å². The van der Waals surface area contributed by atoms with Crippen LogP contribution >= 0.6 is 0 Å². The molecule has 1 heterocycles. The van der Waals surface area contributed by atoms with Crippen LogP contribution in [0.3, 0.4) is 0 Å².